The Bertz CT molecular complexity index is 248. The smallest absolute Gasteiger partial charge is 0.0572 e. The highest BCUT2D eigenvalue weighted by Gasteiger charge is 2.38. The van der Waals surface area contributed by atoms with Gasteiger partial charge in [0, 0.05) is 19.1 Å². The summed E-state index contributed by atoms with van der Waals surface area (Å²) in [6.07, 6.45) is 3.44. The highest BCUT2D eigenvalue weighted by molar-refractivity contribution is 4.93. The zero-order valence-corrected chi connectivity index (χ0v) is 13.2. The summed E-state index contributed by atoms with van der Waals surface area (Å²) < 4.78 is 0. The van der Waals surface area contributed by atoms with Crippen molar-refractivity contribution in [1.82, 2.24) is 5.01 Å². The summed E-state index contributed by atoms with van der Waals surface area (Å²) in [7, 11) is 0. The van der Waals surface area contributed by atoms with E-state index in [1.807, 2.05) is 6.92 Å². The predicted molar refractivity (Wildman–Crippen MR) is 81.3 cm³/mol. The first-order valence-electron chi connectivity index (χ1n) is 7.24. The van der Waals surface area contributed by atoms with Crippen LogP contribution in [0.2, 0.25) is 0 Å². The molecule has 1 fully saturated rings. The van der Waals surface area contributed by atoms with Gasteiger partial charge in [-0.05, 0) is 36.6 Å². The van der Waals surface area contributed by atoms with Crippen molar-refractivity contribution >= 4 is 0 Å². The molecule has 1 rings (SSSR count). The van der Waals surface area contributed by atoms with Crippen LogP contribution in [0.25, 0.3) is 0 Å². The van der Waals surface area contributed by atoms with Gasteiger partial charge in [0.15, 0.2) is 0 Å². The second-order valence-electron chi connectivity index (χ2n) is 6.88. The van der Waals surface area contributed by atoms with Crippen molar-refractivity contribution in [3.05, 3.63) is 0 Å². The molecule has 2 atom stereocenters. The van der Waals surface area contributed by atoms with Crippen molar-refractivity contribution < 1.29 is 5.11 Å². The molecule has 0 spiro atoms. The monoisotopic (exact) mass is 274 g/mol. The zero-order valence-electron chi connectivity index (χ0n) is 13.2. The predicted octanol–water partition coefficient (Wildman–Crippen LogP) is 0.663. The molecule has 7 N–H and O–H groups in total. The van der Waals surface area contributed by atoms with Crippen LogP contribution in [0.3, 0.4) is 0 Å². The number of hydrazine groups is 1. The minimum atomic E-state index is 0.143. The van der Waals surface area contributed by atoms with E-state index in [0.717, 1.165) is 25.9 Å². The van der Waals surface area contributed by atoms with Gasteiger partial charge >= 0.3 is 0 Å². The quantitative estimate of drug-likeness (QED) is 0.446. The lowest BCUT2D eigenvalue weighted by atomic mass is 9.63. The number of likely N-dealkylation sites (N-methyl/N-ethyl adjacent to an activating group) is 1. The van der Waals surface area contributed by atoms with Gasteiger partial charge in [0.05, 0.1) is 6.61 Å². The Kier molecular flexibility index (Phi) is 8.08. The molecule has 1 saturated carbocycles. The molecule has 0 amide bonds. The van der Waals surface area contributed by atoms with Gasteiger partial charge in [0.25, 0.3) is 0 Å². The van der Waals surface area contributed by atoms with Crippen molar-refractivity contribution in [3.8, 4) is 0 Å². The number of nitrogens with two attached hydrogens (primary N) is 3. The maximum absolute atomic E-state index is 8.25. The van der Waals surface area contributed by atoms with E-state index in [1.165, 1.54) is 6.42 Å². The van der Waals surface area contributed by atoms with Crippen molar-refractivity contribution in [2.75, 3.05) is 26.2 Å². The average molecular weight is 274 g/mol. The van der Waals surface area contributed by atoms with E-state index in [9.17, 15) is 0 Å². The minimum Gasteiger partial charge on any atom is -0.395 e. The van der Waals surface area contributed by atoms with Gasteiger partial charge in [-0.25, -0.2) is 5.01 Å². The summed E-state index contributed by atoms with van der Waals surface area (Å²) in [4.78, 5) is 0. The van der Waals surface area contributed by atoms with Gasteiger partial charge < -0.3 is 16.6 Å². The zero-order chi connectivity index (χ0) is 15.1. The summed E-state index contributed by atoms with van der Waals surface area (Å²) in [5.41, 5.74) is 12.4. The number of rotatable bonds is 4. The molecule has 0 saturated heterocycles. The summed E-state index contributed by atoms with van der Waals surface area (Å²) in [5.74, 6) is 5.26. The van der Waals surface area contributed by atoms with Crippen LogP contribution in [0.15, 0.2) is 0 Å². The Morgan fingerprint density at radius 1 is 1.26 bits per heavy atom. The Morgan fingerprint density at radius 2 is 1.84 bits per heavy atom. The Hall–Kier alpha value is -0.200. The van der Waals surface area contributed by atoms with Crippen LogP contribution in [0.4, 0.5) is 0 Å². The first-order valence-corrected chi connectivity index (χ1v) is 7.24. The fourth-order valence-corrected chi connectivity index (χ4v) is 3.16. The highest BCUT2D eigenvalue weighted by Crippen LogP contribution is 2.44. The molecular weight excluding hydrogens is 240 g/mol. The molecule has 19 heavy (non-hydrogen) atoms. The molecule has 116 valence electrons. The molecule has 0 aromatic carbocycles. The fourth-order valence-electron chi connectivity index (χ4n) is 3.16. The average Bonchev–Trinajstić information content (AvgIpc) is 2.27. The molecule has 0 aromatic heterocycles. The molecule has 0 radical (unpaired) electrons. The van der Waals surface area contributed by atoms with Crippen molar-refractivity contribution in [2.24, 2.45) is 28.1 Å². The maximum atomic E-state index is 8.25. The SMILES string of the molecule is CC1(C)CC(N)CC(C)(CN)C1.CCN(N)CCO. The molecule has 5 heteroatoms. The molecule has 2 unspecified atom stereocenters. The maximum Gasteiger partial charge on any atom is 0.0572 e. The van der Waals surface area contributed by atoms with Gasteiger partial charge in [0.1, 0.15) is 0 Å². The molecule has 0 aliphatic heterocycles. The Balaban J connectivity index is 0.000000399. The van der Waals surface area contributed by atoms with Crippen molar-refractivity contribution in [3.63, 3.8) is 0 Å². The van der Waals surface area contributed by atoms with Crippen LogP contribution in [0.1, 0.15) is 47.0 Å². The van der Waals surface area contributed by atoms with Gasteiger partial charge in [-0.15, -0.1) is 0 Å². The molecule has 0 aromatic rings. The van der Waals surface area contributed by atoms with E-state index in [2.05, 4.69) is 20.8 Å². The van der Waals surface area contributed by atoms with E-state index in [0.29, 0.717) is 18.0 Å². The normalized spacial score (nSPS) is 29.8. The molecule has 0 heterocycles. The second-order valence-corrected chi connectivity index (χ2v) is 6.88. The van der Waals surface area contributed by atoms with Crippen LogP contribution in [0, 0.1) is 10.8 Å². The molecular formula is C14H34N4O. The topological polar surface area (TPSA) is 102 Å². The lowest BCUT2D eigenvalue weighted by molar-refractivity contribution is 0.0904. The minimum absolute atomic E-state index is 0.143. The van der Waals surface area contributed by atoms with E-state index in [4.69, 9.17) is 22.4 Å². The number of hydrogen-bond acceptors (Lipinski definition) is 5. The number of aliphatic hydroxyl groups excluding tert-OH is 1. The first-order chi connectivity index (χ1) is 8.68. The number of hydrogen-bond donors (Lipinski definition) is 4. The van der Waals surface area contributed by atoms with E-state index in [1.54, 1.807) is 5.01 Å². The third-order valence-electron chi connectivity index (χ3n) is 3.76. The van der Waals surface area contributed by atoms with Crippen LogP contribution in [0.5, 0.6) is 0 Å². The van der Waals surface area contributed by atoms with Gasteiger partial charge in [-0.3, -0.25) is 5.84 Å². The molecule has 0 bridgehead atoms. The molecule has 5 nitrogen and oxygen atoms in total. The van der Waals surface area contributed by atoms with Crippen LogP contribution >= 0.6 is 0 Å². The van der Waals surface area contributed by atoms with Crippen LogP contribution < -0.4 is 17.3 Å². The van der Waals surface area contributed by atoms with Crippen LogP contribution in [-0.2, 0) is 0 Å². The summed E-state index contributed by atoms with van der Waals surface area (Å²) >= 11 is 0. The van der Waals surface area contributed by atoms with E-state index < -0.39 is 0 Å². The third kappa shape index (κ3) is 7.84. The van der Waals surface area contributed by atoms with Crippen LogP contribution in [-0.4, -0.2) is 42.4 Å². The van der Waals surface area contributed by atoms with Crippen molar-refractivity contribution in [2.45, 2.75) is 53.0 Å². The lowest BCUT2D eigenvalue weighted by Gasteiger charge is -2.45. The number of aliphatic hydroxyl groups is 1. The summed E-state index contributed by atoms with van der Waals surface area (Å²) in [5, 5.41) is 9.80. The third-order valence-corrected chi connectivity index (χ3v) is 3.76. The standard InChI is InChI=1S/C10H22N2.C4H12N2O/c1-9(2)4-8(12)5-10(3,6-9)7-11;1-2-6(5)3-4-7/h8H,4-7,11-12H2,1-3H3;7H,2-5H2,1H3. The number of nitrogens with zero attached hydrogens (tertiary/aromatic N) is 1. The highest BCUT2D eigenvalue weighted by atomic mass is 16.3. The van der Waals surface area contributed by atoms with Gasteiger partial charge in [0.2, 0.25) is 0 Å². The second kappa shape index (κ2) is 8.17. The van der Waals surface area contributed by atoms with E-state index >= 15 is 0 Å². The summed E-state index contributed by atoms with van der Waals surface area (Å²) in [6, 6.07) is 0.349. The molecule has 1 aliphatic rings. The fraction of sp³-hybridized carbons (Fsp3) is 1.00. The van der Waals surface area contributed by atoms with Crippen molar-refractivity contribution in [1.29, 1.82) is 0 Å². The summed E-state index contributed by atoms with van der Waals surface area (Å²) in [6.45, 7) is 11.1. The lowest BCUT2D eigenvalue weighted by Crippen LogP contribution is -2.45. The first kappa shape index (κ1) is 18.8. The van der Waals surface area contributed by atoms with Gasteiger partial charge in [-0.2, -0.15) is 0 Å². The molecule has 1 aliphatic carbocycles. The Labute approximate surface area is 118 Å². The van der Waals surface area contributed by atoms with E-state index in [-0.39, 0.29) is 12.0 Å². The largest absolute Gasteiger partial charge is 0.395 e. The van der Waals surface area contributed by atoms with Gasteiger partial charge in [-0.1, -0.05) is 27.7 Å². The Morgan fingerprint density at radius 3 is 2.16 bits per heavy atom.